The zero-order chi connectivity index (χ0) is 15.6. The molecule has 0 aliphatic heterocycles. The summed E-state index contributed by atoms with van der Waals surface area (Å²) in [6, 6.07) is 3.92. The quantitative estimate of drug-likeness (QED) is 0.475. The number of hydrogen-bond acceptors (Lipinski definition) is 6. The van der Waals surface area contributed by atoms with Gasteiger partial charge in [-0.05, 0) is 70.7 Å². The van der Waals surface area contributed by atoms with Gasteiger partial charge in [-0.25, -0.2) is 0 Å². The second-order valence-electron chi connectivity index (χ2n) is 5.26. The monoisotopic (exact) mass is 340 g/mol. The van der Waals surface area contributed by atoms with Crippen LogP contribution in [0.4, 0.5) is 0 Å². The third-order valence-corrected chi connectivity index (χ3v) is 4.89. The van der Waals surface area contributed by atoms with Crippen molar-refractivity contribution in [2.24, 2.45) is 0 Å². The number of aliphatic hydroxyl groups excluding tert-OH is 2. The molecule has 22 heavy (non-hydrogen) atoms. The van der Waals surface area contributed by atoms with E-state index in [1.807, 2.05) is 33.7 Å². The molecule has 0 saturated carbocycles. The van der Waals surface area contributed by atoms with Crippen LogP contribution in [0, 0.1) is 0 Å². The van der Waals surface area contributed by atoms with Gasteiger partial charge < -0.3 is 20.8 Å². The fraction of sp³-hybridized carbons (Fsp3) is 0.500. The summed E-state index contributed by atoms with van der Waals surface area (Å²) in [7, 11) is 0. The van der Waals surface area contributed by atoms with Gasteiger partial charge in [-0.3, -0.25) is 0 Å². The van der Waals surface area contributed by atoms with Gasteiger partial charge in [-0.1, -0.05) is 0 Å². The second-order valence-corrected chi connectivity index (χ2v) is 6.82. The predicted molar refractivity (Wildman–Crippen MR) is 93.5 cm³/mol. The van der Waals surface area contributed by atoms with E-state index in [1.165, 1.54) is 0 Å². The standard InChI is InChI=1S/C16H24N2O2S2/c19-15(13-3-7-21-11-13)9-17-5-1-2-6-18-10-16(20)14-4-8-22-12-14/h3-4,7-8,11-12,15-20H,1-2,5-6,9-10H2/t15-,16+. The highest BCUT2D eigenvalue weighted by molar-refractivity contribution is 7.08. The third kappa shape index (κ3) is 6.16. The first kappa shape index (κ1) is 17.6. The largest absolute Gasteiger partial charge is 0.387 e. The minimum absolute atomic E-state index is 0.412. The molecule has 0 amide bonds. The Morgan fingerprint density at radius 3 is 1.64 bits per heavy atom. The Hall–Kier alpha value is -0.760. The Labute approximate surface area is 139 Å². The van der Waals surface area contributed by atoms with E-state index in [9.17, 15) is 10.2 Å². The van der Waals surface area contributed by atoms with Gasteiger partial charge in [0.2, 0.25) is 0 Å². The molecule has 0 saturated heterocycles. The molecule has 0 unspecified atom stereocenters. The highest BCUT2D eigenvalue weighted by Crippen LogP contribution is 2.15. The SMILES string of the molecule is O[C@H](CNCCCCNC[C@H](O)c1ccsc1)c1ccsc1. The summed E-state index contributed by atoms with van der Waals surface area (Å²) in [4.78, 5) is 0. The second kappa shape index (κ2) is 10.1. The van der Waals surface area contributed by atoms with Crippen LogP contribution in [-0.2, 0) is 0 Å². The van der Waals surface area contributed by atoms with Gasteiger partial charge in [-0.15, -0.1) is 0 Å². The van der Waals surface area contributed by atoms with Crippen LogP contribution in [0.15, 0.2) is 33.7 Å². The van der Waals surface area contributed by atoms with Crippen molar-refractivity contribution in [2.45, 2.75) is 25.0 Å². The number of thiophene rings is 2. The smallest absolute Gasteiger partial charge is 0.0922 e. The van der Waals surface area contributed by atoms with Crippen LogP contribution in [-0.4, -0.2) is 36.4 Å². The zero-order valence-corrected chi connectivity index (χ0v) is 14.2. The molecular formula is C16H24N2O2S2. The fourth-order valence-corrected chi connectivity index (χ4v) is 3.56. The van der Waals surface area contributed by atoms with E-state index in [-0.39, 0.29) is 0 Å². The normalized spacial score (nSPS) is 14.1. The summed E-state index contributed by atoms with van der Waals surface area (Å²) >= 11 is 3.21. The molecule has 4 N–H and O–H groups in total. The summed E-state index contributed by atoms with van der Waals surface area (Å²) in [5.74, 6) is 0. The van der Waals surface area contributed by atoms with Crippen LogP contribution in [0.5, 0.6) is 0 Å². The van der Waals surface area contributed by atoms with E-state index < -0.39 is 12.2 Å². The average Bonchev–Trinajstić information content (AvgIpc) is 3.22. The summed E-state index contributed by atoms with van der Waals surface area (Å²) < 4.78 is 0. The first-order chi connectivity index (χ1) is 10.8. The lowest BCUT2D eigenvalue weighted by molar-refractivity contribution is 0.173. The van der Waals surface area contributed by atoms with Crippen molar-refractivity contribution in [2.75, 3.05) is 26.2 Å². The molecule has 4 nitrogen and oxygen atoms in total. The van der Waals surface area contributed by atoms with Gasteiger partial charge in [0.05, 0.1) is 12.2 Å². The van der Waals surface area contributed by atoms with Gasteiger partial charge in [0.1, 0.15) is 0 Å². The Morgan fingerprint density at radius 1 is 0.818 bits per heavy atom. The molecule has 2 atom stereocenters. The highest BCUT2D eigenvalue weighted by atomic mass is 32.1. The average molecular weight is 341 g/mol. The van der Waals surface area contributed by atoms with Crippen LogP contribution in [0.3, 0.4) is 0 Å². The first-order valence-electron chi connectivity index (χ1n) is 7.59. The van der Waals surface area contributed by atoms with Crippen LogP contribution < -0.4 is 10.6 Å². The summed E-state index contributed by atoms with van der Waals surface area (Å²) in [5.41, 5.74) is 1.98. The van der Waals surface area contributed by atoms with Gasteiger partial charge >= 0.3 is 0 Å². The number of hydrogen-bond donors (Lipinski definition) is 4. The molecule has 2 aromatic rings. The summed E-state index contributed by atoms with van der Waals surface area (Å²) in [6.45, 7) is 2.99. The Morgan fingerprint density at radius 2 is 1.27 bits per heavy atom. The van der Waals surface area contributed by atoms with Crippen molar-refractivity contribution in [3.8, 4) is 0 Å². The van der Waals surface area contributed by atoms with Crippen LogP contribution in [0.25, 0.3) is 0 Å². The van der Waals surface area contributed by atoms with E-state index in [0.29, 0.717) is 13.1 Å². The molecule has 6 heteroatoms. The minimum Gasteiger partial charge on any atom is -0.387 e. The van der Waals surface area contributed by atoms with Gasteiger partial charge in [-0.2, -0.15) is 22.7 Å². The molecular weight excluding hydrogens is 316 g/mol. The van der Waals surface area contributed by atoms with E-state index >= 15 is 0 Å². The Balaban J connectivity index is 1.43. The highest BCUT2D eigenvalue weighted by Gasteiger charge is 2.07. The maximum Gasteiger partial charge on any atom is 0.0922 e. The number of nitrogens with one attached hydrogen (secondary N) is 2. The van der Waals surface area contributed by atoms with E-state index in [2.05, 4.69) is 10.6 Å². The number of unbranched alkanes of at least 4 members (excludes halogenated alkanes) is 1. The molecule has 2 aromatic heterocycles. The zero-order valence-electron chi connectivity index (χ0n) is 12.6. The minimum atomic E-state index is -0.412. The van der Waals surface area contributed by atoms with Gasteiger partial charge in [0.15, 0.2) is 0 Å². The Kier molecular flexibility index (Phi) is 8.07. The van der Waals surface area contributed by atoms with E-state index in [0.717, 1.165) is 37.1 Å². The molecule has 0 fully saturated rings. The number of aliphatic hydroxyl groups is 2. The molecule has 2 heterocycles. The van der Waals surface area contributed by atoms with Crippen molar-refractivity contribution in [3.05, 3.63) is 44.8 Å². The van der Waals surface area contributed by atoms with Crippen molar-refractivity contribution in [1.82, 2.24) is 10.6 Å². The lowest BCUT2D eigenvalue weighted by Gasteiger charge is -2.12. The van der Waals surface area contributed by atoms with Crippen molar-refractivity contribution < 1.29 is 10.2 Å². The maximum absolute atomic E-state index is 9.91. The molecule has 0 aliphatic carbocycles. The fourth-order valence-electron chi connectivity index (χ4n) is 2.14. The number of rotatable bonds is 11. The lowest BCUT2D eigenvalue weighted by atomic mass is 10.2. The van der Waals surface area contributed by atoms with Crippen molar-refractivity contribution >= 4 is 22.7 Å². The topological polar surface area (TPSA) is 64.5 Å². The molecule has 122 valence electrons. The van der Waals surface area contributed by atoms with Gasteiger partial charge in [0, 0.05) is 13.1 Å². The molecule has 0 aromatic carbocycles. The van der Waals surface area contributed by atoms with Crippen LogP contribution in [0.1, 0.15) is 36.2 Å². The Bertz CT molecular complexity index is 442. The van der Waals surface area contributed by atoms with Crippen molar-refractivity contribution in [3.63, 3.8) is 0 Å². The molecule has 0 aliphatic rings. The summed E-state index contributed by atoms with van der Waals surface area (Å²) in [5, 5.41) is 34.3. The molecule has 0 spiro atoms. The predicted octanol–water partition coefficient (Wildman–Crippen LogP) is 2.54. The van der Waals surface area contributed by atoms with E-state index in [4.69, 9.17) is 0 Å². The van der Waals surface area contributed by atoms with Crippen molar-refractivity contribution in [1.29, 1.82) is 0 Å². The molecule has 2 rings (SSSR count). The van der Waals surface area contributed by atoms with Gasteiger partial charge in [0.25, 0.3) is 0 Å². The maximum atomic E-state index is 9.91. The van der Waals surface area contributed by atoms with E-state index in [1.54, 1.807) is 22.7 Å². The first-order valence-corrected chi connectivity index (χ1v) is 9.47. The molecule has 0 bridgehead atoms. The van der Waals surface area contributed by atoms with Crippen LogP contribution >= 0.6 is 22.7 Å². The third-order valence-electron chi connectivity index (χ3n) is 3.49. The molecule has 0 radical (unpaired) electrons. The van der Waals surface area contributed by atoms with Crippen LogP contribution in [0.2, 0.25) is 0 Å². The lowest BCUT2D eigenvalue weighted by Crippen LogP contribution is -2.25. The summed E-state index contributed by atoms with van der Waals surface area (Å²) in [6.07, 6.45) is 1.28.